The second kappa shape index (κ2) is 6.82. The molecule has 0 heterocycles. The quantitative estimate of drug-likeness (QED) is 0.586. The summed E-state index contributed by atoms with van der Waals surface area (Å²) >= 11 is 0. The fourth-order valence-corrected chi connectivity index (χ4v) is 1.47. The van der Waals surface area contributed by atoms with E-state index in [2.05, 4.69) is 26.1 Å². The molecular formula is C11H24N2O. The predicted octanol–water partition coefficient (Wildman–Crippen LogP) is 1.67. The minimum Gasteiger partial charge on any atom is -0.369 e. The van der Waals surface area contributed by atoms with E-state index in [1.165, 1.54) is 25.7 Å². The summed E-state index contributed by atoms with van der Waals surface area (Å²) in [6.45, 7) is 7.79. The number of unbranched alkanes of at least 4 members (excludes halogenated alkanes) is 2. The first-order valence-corrected chi connectivity index (χ1v) is 5.47. The Hall–Kier alpha value is -0.570. The molecule has 1 amide bonds. The molecule has 0 atom stereocenters. The van der Waals surface area contributed by atoms with Gasteiger partial charge in [0.05, 0.1) is 6.54 Å². The van der Waals surface area contributed by atoms with Crippen molar-refractivity contribution in [3.63, 3.8) is 0 Å². The van der Waals surface area contributed by atoms with Crippen molar-refractivity contribution in [2.45, 2.75) is 46.5 Å². The van der Waals surface area contributed by atoms with Gasteiger partial charge in [-0.05, 0) is 11.8 Å². The summed E-state index contributed by atoms with van der Waals surface area (Å²) in [7, 11) is 0. The highest BCUT2D eigenvalue weighted by molar-refractivity contribution is 5.75. The maximum atomic E-state index is 10.5. The lowest BCUT2D eigenvalue weighted by Crippen LogP contribution is -2.35. The zero-order valence-electron chi connectivity index (χ0n) is 9.73. The first kappa shape index (κ1) is 13.4. The molecule has 0 aliphatic carbocycles. The van der Waals surface area contributed by atoms with Gasteiger partial charge in [0.1, 0.15) is 0 Å². The van der Waals surface area contributed by atoms with Crippen molar-refractivity contribution < 1.29 is 4.79 Å². The van der Waals surface area contributed by atoms with Crippen LogP contribution in [0.4, 0.5) is 0 Å². The normalized spacial score (nSPS) is 11.6. The second-order valence-corrected chi connectivity index (χ2v) is 4.69. The Morgan fingerprint density at radius 1 is 1.36 bits per heavy atom. The highest BCUT2D eigenvalue weighted by Crippen LogP contribution is 2.22. The van der Waals surface area contributed by atoms with E-state index >= 15 is 0 Å². The summed E-state index contributed by atoms with van der Waals surface area (Å²) in [6.07, 6.45) is 5.01. The van der Waals surface area contributed by atoms with Crippen molar-refractivity contribution in [1.82, 2.24) is 5.32 Å². The van der Waals surface area contributed by atoms with Gasteiger partial charge in [0, 0.05) is 6.54 Å². The van der Waals surface area contributed by atoms with E-state index in [0.717, 1.165) is 6.54 Å². The SMILES string of the molecule is CCCCCC(C)(C)CNCC(N)=O. The molecule has 84 valence electrons. The largest absolute Gasteiger partial charge is 0.369 e. The number of amides is 1. The van der Waals surface area contributed by atoms with Crippen LogP contribution in [0.2, 0.25) is 0 Å². The van der Waals surface area contributed by atoms with Crippen LogP contribution in [0.1, 0.15) is 46.5 Å². The van der Waals surface area contributed by atoms with Gasteiger partial charge < -0.3 is 11.1 Å². The van der Waals surface area contributed by atoms with Crippen LogP contribution in [0.15, 0.2) is 0 Å². The van der Waals surface area contributed by atoms with Crippen LogP contribution in [0.25, 0.3) is 0 Å². The molecule has 0 radical (unpaired) electrons. The summed E-state index contributed by atoms with van der Waals surface area (Å²) in [6, 6.07) is 0. The smallest absolute Gasteiger partial charge is 0.231 e. The van der Waals surface area contributed by atoms with Crippen molar-refractivity contribution in [3.05, 3.63) is 0 Å². The summed E-state index contributed by atoms with van der Waals surface area (Å²) in [5.41, 5.74) is 5.31. The molecule has 0 bridgehead atoms. The number of rotatable bonds is 8. The molecule has 0 spiro atoms. The van der Waals surface area contributed by atoms with E-state index in [4.69, 9.17) is 5.73 Å². The average molecular weight is 200 g/mol. The Labute approximate surface area is 87.4 Å². The third kappa shape index (κ3) is 8.05. The monoisotopic (exact) mass is 200 g/mol. The molecule has 0 fully saturated rings. The van der Waals surface area contributed by atoms with Crippen molar-refractivity contribution in [2.24, 2.45) is 11.1 Å². The molecule has 0 saturated carbocycles. The lowest BCUT2D eigenvalue weighted by atomic mass is 9.87. The zero-order chi connectivity index (χ0) is 11.0. The van der Waals surface area contributed by atoms with E-state index in [0.29, 0.717) is 0 Å². The molecule has 3 heteroatoms. The van der Waals surface area contributed by atoms with Crippen LogP contribution in [-0.4, -0.2) is 19.0 Å². The lowest BCUT2D eigenvalue weighted by molar-refractivity contribution is -0.117. The van der Waals surface area contributed by atoms with Crippen molar-refractivity contribution in [2.75, 3.05) is 13.1 Å². The number of carbonyl (C=O) groups excluding carboxylic acids is 1. The summed E-state index contributed by atoms with van der Waals surface area (Å²) in [5, 5.41) is 3.08. The Morgan fingerprint density at radius 2 is 2.00 bits per heavy atom. The molecule has 0 aromatic carbocycles. The first-order chi connectivity index (χ1) is 6.48. The van der Waals surface area contributed by atoms with Crippen LogP contribution in [0, 0.1) is 5.41 Å². The van der Waals surface area contributed by atoms with Gasteiger partial charge in [-0.25, -0.2) is 0 Å². The molecule has 0 aliphatic heterocycles. The molecule has 0 aromatic heterocycles. The molecular weight excluding hydrogens is 176 g/mol. The number of carbonyl (C=O) groups is 1. The molecule has 3 nitrogen and oxygen atoms in total. The van der Waals surface area contributed by atoms with Gasteiger partial charge in [0.2, 0.25) is 5.91 Å². The number of hydrogen-bond donors (Lipinski definition) is 2. The number of nitrogens with two attached hydrogens (primary N) is 1. The van der Waals surface area contributed by atoms with E-state index in [9.17, 15) is 4.79 Å². The van der Waals surface area contributed by atoms with Crippen LogP contribution >= 0.6 is 0 Å². The Bertz CT molecular complexity index is 167. The third-order valence-corrected chi connectivity index (χ3v) is 2.36. The Balaban J connectivity index is 3.55. The van der Waals surface area contributed by atoms with Crippen LogP contribution < -0.4 is 11.1 Å². The van der Waals surface area contributed by atoms with Crippen molar-refractivity contribution in [1.29, 1.82) is 0 Å². The van der Waals surface area contributed by atoms with Crippen LogP contribution in [0.5, 0.6) is 0 Å². The predicted molar refractivity (Wildman–Crippen MR) is 60.0 cm³/mol. The van der Waals surface area contributed by atoms with E-state index in [1.807, 2.05) is 0 Å². The van der Waals surface area contributed by atoms with Crippen LogP contribution in [-0.2, 0) is 4.79 Å². The Kier molecular flexibility index (Phi) is 6.54. The molecule has 0 rings (SSSR count). The summed E-state index contributed by atoms with van der Waals surface area (Å²) < 4.78 is 0. The maximum Gasteiger partial charge on any atom is 0.231 e. The number of hydrogen-bond acceptors (Lipinski definition) is 2. The fourth-order valence-electron chi connectivity index (χ4n) is 1.47. The van der Waals surface area contributed by atoms with Gasteiger partial charge in [0.25, 0.3) is 0 Å². The number of nitrogens with one attached hydrogen (secondary N) is 1. The van der Waals surface area contributed by atoms with Crippen molar-refractivity contribution >= 4 is 5.91 Å². The van der Waals surface area contributed by atoms with E-state index in [1.54, 1.807) is 0 Å². The highest BCUT2D eigenvalue weighted by Gasteiger charge is 2.16. The minimum absolute atomic E-state index is 0.268. The molecule has 0 saturated heterocycles. The van der Waals surface area contributed by atoms with Gasteiger partial charge in [-0.1, -0.05) is 40.0 Å². The second-order valence-electron chi connectivity index (χ2n) is 4.69. The number of primary amides is 1. The summed E-state index contributed by atoms with van der Waals surface area (Å²) in [5.74, 6) is -0.283. The summed E-state index contributed by atoms with van der Waals surface area (Å²) in [4.78, 5) is 10.5. The van der Waals surface area contributed by atoms with Gasteiger partial charge in [-0.15, -0.1) is 0 Å². The zero-order valence-corrected chi connectivity index (χ0v) is 9.73. The minimum atomic E-state index is -0.283. The Morgan fingerprint density at radius 3 is 2.50 bits per heavy atom. The van der Waals surface area contributed by atoms with E-state index < -0.39 is 0 Å². The average Bonchev–Trinajstić information content (AvgIpc) is 2.03. The van der Waals surface area contributed by atoms with Crippen LogP contribution in [0.3, 0.4) is 0 Å². The van der Waals surface area contributed by atoms with Gasteiger partial charge in [0.15, 0.2) is 0 Å². The molecule has 14 heavy (non-hydrogen) atoms. The van der Waals surface area contributed by atoms with Gasteiger partial charge >= 0.3 is 0 Å². The van der Waals surface area contributed by atoms with E-state index in [-0.39, 0.29) is 17.9 Å². The topological polar surface area (TPSA) is 55.1 Å². The maximum absolute atomic E-state index is 10.5. The van der Waals surface area contributed by atoms with Crippen molar-refractivity contribution in [3.8, 4) is 0 Å². The standard InChI is InChI=1S/C11H24N2O/c1-4-5-6-7-11(2,3)9-13-8-10(12)14/h13H,4-9H2,1-3H3,(H2,12,14). The van der Waals surface area contributed by atoms with Gasteiger partial charge in [-0.2, -0.15) is 0 Å². The molecule has 0 aliphatic rings. The highest BCUT2D eigenvalue weighted by atomic mass is 16.1. The third-order valence-electron chi connectivity index (χ3n) is 2.36. The lowest BCUT2D eigenvalue weighted by Gasteiger charge is -2.24. The molecule has 3 N–H and O–H groups in total. The molecule has 0 aromatic rings. The first-order valence-electron chi connectivity index (χ1n) is 5.47. The molecule has 0 unspecified atom stereocenters. The van der Waals surface area contributed by atoms with Gasteiger partial charge in [-0.3, -0.25) is 4.79 Å². The fraction of sp³-hybridized carbons (Fsp3) is 0.909.